The van der Waals surface area contributed by atoms with Gasteiger partial charge in [-0.3, -0.25) is 4.79 Å². The van der Waals surface area contributed by atoms with Crippen LogP contribution in [0.15, 0.2) is 30.5 Å². The third-order valence-electron chi connectivity index (χ3n) is 6.97. The molecule has 1 heterocycles. The number of aromatic amines is 1. The molecule has 6 nitrogen and oxygen atoms in total. The number of hydrogen-bond donors (Lipinski definition) is 2. The quantitative estimate of drug-likeness (QED) is 0.638. The molecule has 1 aromatic carbocycles. The molecule has 0 atom stereocenters. The van der Waals surface area contributed by atoms with Crippen LogP contribution >= 0.6 is 0 Å². The summed E-state index contributed by atoms with van der Waals surface area (Å²) in [6.45, 7) is 4.55. The number of imidazole rings is 1. The molecule has 1 aromatic heterocycles. The van der Waals surface area contributed by atoms with Crippen LogP contribution in [0.2, 0.25) is 0 Å². The van der Waals surface area contributed by atoms with E-state index >= 15 is 0 Å². The average molecular weight is 428 g/mol. The number of carbonyl (C=O) groups excluding carboxylic acids is 1. The van der Waals surface area contributed by atoms with E-state index in [4.69, 9.17) is 5.26 Å². The molecule has 2 aromatic rings. The minimum atomic E-state index is -0.452. The fourth-order valence-electron chi connectivity index (χ4n) is 4.83. The summed E-state index contributed by atoms with van der Waals surface area (Å²) >= 11 is 0. The Kier molecular flexibility index (Phi) is 5.89. The minimum absolute atomic E-state index is 0.108. The molecule has 32 heavy (non-hydrogen) atoms. The molecule has 0 saturated heterocycles. The normalized spacial score (nSPS) is 19.3. The Bertz CT molecular complexity index is 1140. The third kappa shape index (κ3) is 4.32. The second-order valence-electron chi connectivity index (χ2n) is 9.82. The molecule has 4 rings (SSSR count). The van der Waals surface area contributed by atoms with Gasteiger partial charge in [0.2, 0.25) is 0 Å². The molecule has 0 bridgehead atoms. The molecule has 2 aliphatic rings. The fourth-order valence-corrected chi connectivity index (χ4v) is 4.83. The SMILES string of the molecule is CC1(C)CC=C(c2cc(C3(C#N)CCCCC3)ccc2NC(=O)c2ncc(C#N)[nH]2)CC1. The van der Waals surface area contributed by atoms with Gasteiger partial charge < -0.3 is 10.3 Å². The molecular weight excluding hydrogens is 398 g/mol. The molecule has 2 aliphatic carbocycles. The van der Waals surface area contributed by atoms with E-state index in [1.165, 1.54) is 18.2 Å². The summed E-state index contributed by atoms with van der Waals surface area (Å²) in [4.78, 5) is 19.5. The van der Waals surface area contributed by atoms with E-state index < -0.39 is 5.41 Å². The first-order chi connectivity index (χ1) is 15.4. The number of amides is 1. The number of nitriles is 2. The topological polar surface area (TPSA) is 105 Å². The average Bonchev–Trinajstić information content (AvgIpc) is 3.29. The van der Waals surface area contributed by atoms with Crippen molar-refractivity contribution in [1.82, 2.24) is 9.97 Å². The monoisotopic (exact) mass is 427 g/mol. The zero-order valence-corrected chi connectivity index (χ0v) is 18.8. The Morgan fingerprint density at radius 1 is 1.16 bits per heavy atom. The van der Waals surface area contributed by atoms with E-state index in [1.807, 2.05) is 18.2 Å². The van der Waals surface area contributed by atoms with Gasteiger partial charge in [0, 0.05) is 11.3 Å². The second-order valence-corrected chi connectivity index (χ2v) is 9.82. The maximum absolute atomic E-state index is 12.8. The summed E-state index contributed by atoms with van der Waals surface area (Å²) in [7, 11) is 0. The highest BCUT2D eigenvalue weighted by atomic mass is 16.2. The maximum atomic E-state index is 12.8. The van der Waals surface area contributed by atoms with E-state index in [2.05, 4.69) is 47.3 Å². The van der Waals surface area contributed by atoms with Gasteiger partial charge in [-0.15, -0.1) is 0 Å². The van der Waals surface area contributed by atoms with Crippen LogP contribution in [-0.4, -0.2) is 15.9 Å². The first kappa shape index (κ1) is 21.8. The fraction of sp³-hybridized carbons (Fsp3) is 0.462. The summed E-state index contributed by atoms with van der Waals surface area (Å²) < 4.78 is 0. The number of anilines is 1. The van der Waals surface area contributed by atoms with Crippen molar-refractivity contribution in [3.63, 3.8) is 0 Å². The van der Waals surface area contributed by atoms with Crippen molar-refractivity contribution in [3.05, 3.63) is 53.1 Å². The lowest BCUT2D eigenvalue weighted by molar-refractivity contribution is 0.101. The summed E-state index contributed by atoms with van der Waals surface area (Å²) in [5.74, 6) is -0.277. The van der Waals surface area contributed by atoms with E-state index in [0.29, 0.717) is 5.69 Å². The van der Waals surface area contributed by atoms with Gasteiger partial charge in [-0.25, -0.2) is 4.98 Å². The van der Waals surface area contributed by atoms with E-state index in [-0.39, 0.29) is 22.8 Å². The van der Waals surface area contributed by atoms with Crippen LogP contribution in [0.25, 0.3) is 5.57 Å². The van der Waals surface area contributed by atoms with Crippen LogP contribution in [0, 0.1) is 28.1 Å². The van der Waals surface area contributed by atoms with Gasteiger partial charge >= 0.3 is 0 Å². The standard InChI is InChI=1S/C26H29N5O/c1-25(2)12-8-18(9-13-25)21-14-19(26(17-28)10-4-3-5-11-26)6-7-22(21)31-24(32)23-29-16-20(15-27)30-23/h6-8,14,16H,3-5,9-13H2,1-2H3,(H,29,30)(H,31,32). The molecular formula is C26H29N5O. The van der Waals surface area contributed by atoms with Crippen molar-refractivity contribution in [2.75, 3.05) is 5.32 Å². The molecule has 1 saturated carbocycles. The number of benzene rings is 1. The molecule has 0 aliphatic heterocycles. The van der Waals surface area contributed by atoms with Crippen molar-refractivity contribution in [2.45, 2.75) is 70.6 Å². The number of rotatable bonds is 4. The number of aromatic nitrogens is 2. The van der Waals surface area contributed by atoms with Gasteiger partial charge in [0.1, 0.15) is 11.8 Å². The van der Waals surface area contributed by atoms with Gasteiger partial charge in [0.25, 0.3) is 5.91 Å². The predicted octanol–water partition coefficient (Wildman–Crippen LogP) is 5.85. The Hall–Kier alpha value is -3.38. The first-order valence-electron chi connectivity index (χ1n) is 11.4. The van der Waals surface area contributed by atoms with Crippen LogP contribution in [0.1, 0.15) is 92.7 Å². The van der Waals surface area contributed by atoms with Crippen LogP contribution in [0.5, 0.6) is 0 Å². The Labute approximate surface area is 189 Å². The highest BCUT2D eigenvalue weighted by molar-refractivity contribution is 6.03. The lowest BCUT2D eigenvalue weighted by atomic mass is 9.69. The summed E-state index contributed by atoms with van der Waals surface area (Å²) in [6, 6.07) is 10.6. The smallest absolute Gasteiger partial charge is 0.291 e. The molecule has 2 N–H and O–H groups in total. The lowest BCUT2D eigenvalue weighted by Gasteiger charge is -2.33. The number of nitrogens with zero attached hydrogens (tertiary/aromatic N) is 3. The Balaban J connectivity index is 1.72. The van der Waals surface area contributed by atoms with Gasteiger partial charge in [-0.1, -0.05) is 45.3 Å². The highest BCUT2D eigenvalue weighted by Gasteiger charge is 2.35. The van der Waals surface area contributed by atoms with Crippen LogP contribution in [0.3, 0.4) is 0 Å². The summed E-state index contributed by atoms with van der Waals surface area (Å²) in [6.07, 6.45) is 11.7. The van der Waals surface area contributed by atoms with Crippen LogP contribution in [-0.2, 0) is 5.41 Å². The molecule has 6 heteroatoms. The molecule has 0 radical (unpaired) electrons. The van der Waals surface area contributed by atoms with Crippen molar-refractivity contribution >= 4 is 17.2 Å². The predicted molar refractivity (Wildman–Crippen MR) is 124 cm³/mol. The lowest BCUT2D eigenvalue weighted by Crippen LogP contribution is -2.27. The number of hydrogen-bond acceptors (Lipinski definition) is 4. The van der Waals surface area contributed by atoms with Crippen molar-refractivity contribution in [2.24, 2.45) is 5.41 Å². The van der Waals surface area contributed by atoms with E-state index in [1.54, 1.807) is 0 Å². The molecule has 0 spiro atoms. The first-order valence-corrected chi connectivity index (χ1v) is 11.4. The van der Waals surface area contributed by atoms with Gasteiger partial charge in [0.05, 0.1) is 17.7 Å². The van der Waals surface area contributed by atoms with Crippen LogP contribution in [0.4, 0.5) is 5.69 Å². The number of nitrogens with one attached hydrogen (secondary N) is 2. The van der Waals surface area contributed by atoms with Gasteiger partial charge in [-0.2, -0.15) is 10.5 Å². The largest absolute Gasteiger partial charge is 0.326 e. The summed E-state index contributed by atoms with van der Waals surface area (Å²) in [5, 5.41) is 22.1. The van der Waals surface area contributed by atoms with Crippen molar-refractivity contribution in [3.8, 4) is 12.1 Å². The van der Waals surface area contributed by atoms with E-state index in [9.17, 15) is 10.1 Å². The number of carbonyl (C=O) groups is 1. The Morgan fingerprint density at radius 3 is 2.56 bits per heavy atom. The summed E-state index contributed by atoms with van der Waals surface area (Å²) in [5.41, 5.74) is 4.01. The molecule has 1 fully saturated rings. The second kappa shape index (κ2) is 8.63. The number of allylic oxidation sites excluding steroid dienone is 2. The highest BCUT2D eigenvalue weighted by Crippen LogP contribution is 2.44. The zero-order chi connectivity index (χ0) is 22.8. The number of H-pyrrole nitrogens is 1. The van der Waals surface area contributed by atoms with Gasteiger partial charge in [-0.05, 0) is 60.8 Å². The third-order valence-corrected chi connectivity index (χ3v) is 6.97. The van der Waals surface area contributed by atoms with Crippen LogP contribution < -0.4 is 5.32 Å². The van der Waals surface area contributed by atoms with Crippen molar-refractivity contribution in [1.29, 1.82) is 10.5 Å². The van der Waals surface area contributed by atoms with E-state index in [0.717, 1.165) is 56.1 Å². The minimum Gasteiger partial charge on any atom is -0.326 e. The molecule has 1 amide bonds. The Morgan fingerprint density at radius 2 is 1.94 bits per heavy atom. The van der Waals surface area contributed by atoms with Gasteiger partial charge in [0.15, 0.2) is 5.82 Å². The maximum Gasteiger partial charge on any atom is 0.291 e. The molecule has 164 valence electrons. The van der Waals surface area contributed by atoms with Crippen molar-refractivity contribution < 1.29 is 4.79 Å². The zero-order valence-electron chi connectivity index (χ0n) is 18.8. The molecule has 0 unspecified atom stereocenters.